The van der Waals surface area contributed by atoms with Crippen molar-refractivity contribution in [1.29, 1.82) is 0 Å². The number of nitrogens with zero attached hydrogens (tertiary/aromatic N) is 3. The molecule has 2 heterocycles. The van der Waals surface area contributed by atoms with Crippen LogP contribution in [0.2, 0.25) is 0 Å². The van der Waals surface area contributed by atoms with Crippen molar-refractivity contribution < 1.29 is 63.0 Å². The molecule has 1 unspecified atom stereocenters. The van der Waals surface area contributed by atoms with Gasteiger partial charge in [-0.3, -0.25) is 4.79 Å². The van der Waals surface area contributed by atoms with Crippen molar-refractivity contribution in [3.8, 4) is 0 Å². The van der Waals surface area contributed by atoms with E-state index in [2.05, 4.69) is 17.3 Å². The Morgan fingerprint density at radius 2 is 2.00 bits per heavy atom. The number of piperazine rings is 1. The molecule has 76 valence electrons. The summed E-state index contributed by atoms with van der Waals surface area (Å²) >= 11 is 0. The Kier molecular flexibility index (Phi) is 7.87. The first kappa shape index (κ1) is 15.0. The van der Waals surface area contributed by atoms with Gasteiger partial charge in [0.05, 0.1) is 0 Å². The van der Waals surface area contributed by atoms with E-state index in [0.717, 1.165) is 19.6 Å². The first-order valence-electron chi connectivity index (χ1n) is 4.94. The van der Waals surface area contributed by atoms with E-state index in [1.54, 1.807) is 0 Å². The van der Waals surface area contributed by atoms with Gasteiger partial charge in [0.25, 0.3) is 0 Å². The number of rotatable bonds is 0. The van der Waals surface area contributed by atoms with Gasteiger partial charge in [-0.1, -0.05) is 13.8 Å². The Balaban J connectivity index is 0.000000531. The van der Waals surface area contributed by atoms with Gasteiger partial charge in [0.2, 0.25) is 0 Å². The molecular weight excluding hydrogens is 252 g/mol. The Hall–Kier alpha value is 1.04. The van der Waals surface area contributed by atoms with Gasteiger partial charge in [-0.05, 0) is 32.7 Å². The van der Waals surface area contributed by atoms with Crippen LogP contribution in [-0.2, 0) is 0 Å². The Bertz CT molecular complexity index is 189. The molecule has 14 heavy (non-hydrogen) atoms. The molecule has 0 N–H and O–H groups in total. The third-order valence-corrected chi connectivity index (χ3v) is 2.37. The minimum absolute atomic E-state index is 0. The molecule has 0 aliphatic carbocycles. The van der Waals surface area contributed by atoms with E-state index in [1.807, 2.05) is 18.7 Å². The van der Waals surface area contributed by atoms with Crippen LogP contribution in [0.25, 0.3) is 5.32 Å². The largest absolute Gasteiger partial charge is 1.00 e. The minimum Gasteiger partial charge on any atom is -0.431 e. The van der Waals surface area contributed by atoms with E-state index in [9.17, 15) is 4.79 Å². The van der Waals surface area contributed by atoms with Crippen molar-refractivity contribution in [2.45, 2.75) is 19.9 Å². The molecule has 2 saturated heterocycles. The van der Waals surface area contributed by atoms with E-state index < -0.39 is 0 Å². The Morgan fingerprint density at radius 3 is 2.64 bits per heavy atom. The van der Waals surface area contributed by atoms with Crippen LogP contribution in [0, 0.1) is 0 Å². The zero-order chi connectivity index (χ0) is 9.84. The van der Waals surface area contributed by atoms with E-state index in [1.165, 1.54) is 0 Å². The minimum atomic E-state index is -0.0110. The zero-order valence-corrected chi connectivity index (χ0v) is 14.6. The molecule has 0 radical (unpaired) electrons. The number of hydrogen-bond donors (Lipinski definition) is 0. The fourth-order valence-corrected chi connectivity index (χ4v) is 1.69. The molecule has 0 aromatic heterocycles. The van der Waals surface area contributed by atoms with Crippen LogP contribution < -0.4 is 58.2 Å². The number of carbonyl (C=O) groups excluding carboxylic acids is 1. The molecule has 4 nitrogen and oxygen atoms in total. The summed E-state index contributed by atoms with van der Waals surface area (Å²) in [6.07, 6.45) is 0. The van der Waals surface area contributed by atoms with E-state index in [0.29, 0.717) is 12.6 Å². The SMILES string of the molecule is CC.CN1CCN2C(=O)[N-]CC2C1.[Rb+]. The van der Waals surface area contributed by atoms with Crippen LogP contribution in [0.1, 0.15) is 13.8 Å². The average molecular weight is 270 g/mol. The summed E-state index contributed by atoms with van der Waals surface area (Å²) in [6.45, 7) is 7.51. The maximum Gasteiger partial charge on any atom is 1.00 e. The molecule has 0 spiro atoms. The number of amides is 2. The van der Waals surface area contributed by atoms with Gasteiger partial charge in [-0.15, -0.1) is 0 Å². The fraction of sp³-hybridized carbons (Fsp3) is 0.889. The zero-order valence-electron chi connectivity index (χ0n) is 9.66. The van der Waals surface area contributed by atoms with Crippen LogP contribution in [0.15, 0.2) is 0 Å². The molecule has 5 heteroatoms. The number of carbonyl (C=O) groups is 1. The monoisotopic (exact) mass is 269 g/mol. The van der Waals surface area contributed by atoms with Gasteiger partial charge in [0, 0.05) is 6.54 Å². The van der Waals surface area contributed by atoms with E-state index in [-0.39, 0.29) is 64.2 Å². The molecule has 2 aliphatic rings. The van der Waals surface area contributed by atoms with Gasteiger partial charge >= 0.3 is 58.2 Å². The second-order valence-corrected chi connectivity index (χ2v) is 3.23. The molecule has 2 amide bonds. The standard InChI is InChI=1S/C7H13N3O.C2H6.Rb/c1-9-2-3-10-6(5-9)4-8-7(10)11;1-2;/h6H,2-5H2,1H3,(H,8,11);1-2H3;/q;;+1/p-1. The van der Waals surface area contributed by atoms with Gasteiger partial charge in [0.15, 0.2) is 6.03 Å². The molecule has 0 aromatic carbocycles. The maximum absolute atomic E-state index is 11.1. The summed E-state index contributed by atoms with van der Waals surface area (Å²) in [5.41, 5.74) is 0. The quantitative estimate of drug-likeness (QED) is 0.517. The van der Waals surface area contributed by atoms with E-state index in [4.69, 9.17) is 0 Å². The molecule has 2 rings (SSSR count). The van der Waals surface area contributed by atoms with Crippen molar-refractivity contribution in [3.63, 3.8) is 0 Å². The third kappa shape index (κ3) is 3.56. The second-order valence-electron chi connectivity index (χ2n) is 3.23. The van der Waals surface area contributed by atoms with Crippen molar-refractivity contribution in [1.82, 2.24) is 9.80 Å². The number of fused-ring (bicyclic) bond motifs is 1. The molecule has 1 atom stereocenters. The third-order valence-electron chi connectivity index (χ3n) is 2.37. The van der Waals surface area contributed by atoms with Crippen LogP contribution >= 0.6 is 0 Å². The Labute approximate surface area is 135 Å². The molecular formula is C9H18N3ORb. The molecule has 0 aromatic rings. The first-order valence-corrected chi connectivity index (χ1v) is 4.94. The fourth-order valence-electron chi connectivity index (χ4n) is 1.69. The van der Waals surface area contributed by atoms with Gasteiger partial charge in [0.1, 0.15) is 0 Å². The van der Waals surface area contributed by atoms with Crippen LogP contribution in [0.5, 0.6) is 0 Å². The van der Waals surface area contributed by atoms with Gasteiger partial charge in [-0.25, -0.2) is 0 Å². The predicted molar refractivity (Wildman–Crippen MR) is 53.0 cm³/mol. The summed E-state index contributed by atoms with van der Waals surface area (Å²) in [4.78, 5) is 15.2. The number of hydrogen-bond acceptors (Lipinski definition) is 2. The molecule has 0 bridgehead atoms. The summed E-state index contributed by atoms with van der Waals surface area (Å²) in [5.74, 6) is 0. The average Bonchev–Trinajstić information content (AvgIpc) is 2.51. The van der Waals surface area contributed by atoms with Crippen molar-refractivity contribution in [2.24, 2.45) is 0 Å². The topological polar surface area (TPSA) is 37.7 Å². The van der Waals surface area contributed by atoms with E-state index >= 15 is 0 Å². The molecule has 2 fully saturated rings. The Morgan fingerprint density at radius 1 is 1.36 bits per heavy atom. The number of likely N-dealkylation sites (N-methyl/N-ethyl adjacent to an activating group) is 1. The number of urea groups is 1. The van der Waals surface area contributed by atoms with Crippen LogP contribution in [0.3, 0.4) is 0 Å². The summed E-state index contributed by atoms with van der Waals surface area (Å²) in [6, 6.07) is 0.351. The smallest absolute Gasteiger partial charge is 0.431 e. The molecule has 2 aliphatic heterocycles. The second kappa shape index (κ2) is 7.33. The van der Waals surface area contributed by atoms with Crippen molar-refractivity contribution in [2.75, 3.05) is 33.2 Å². The van der Waals surface area contributed by atoms with Gasteiger partial charge in [-0.2, -0.15) is 0 Å². The summed E-state index contributed by atoms with van der Waals surface area (Å²) < 4.78 is 0. The summed E-state index contributed by atoms with van der Waals surface area (Å²) in [5, 5.41) is 3.88. The van der Waals surface area contributed by atoms with Gasteiger partial charge < -0.3 is 15.1 Å². The van der Waals surface area contributed by atoms with Crippen LogP contribution in [0.4, 0.5) is 4.79 Å². The van der Waals surface area contributed by atoms with Crippen molar-refractivity contribution >= 4 is 6.03 Å². The van der Waals surface area contributed by atoms with Crippen molar-refractivity contribution in [3.05, 3.63) is 5.32 Å². The first-order chi connectivity index (χ1) is 6.27. The summed E-state index contributed by atoms with van der Waals surface area (Å²) in [7, 11) is 2.08. The predicted octanol–water partition coefficient (Wildman–Crippen LogP) is -1.86. The maximum atomic E-state index is 11.1. The van der Waals surface area contributed by atoms with Crippen LogP contribution in [-0.4, -0.2) is 55.1 Å². The molecule has 0 saturated carbocycles. The normalized spacial score (nSPS) is 25.5.